The lowest BCUT2D eigenvalue weighted by Gasteiger charge is -2.08. The van der Waals surface area contributed by atoms with Crippen molar-refractivity contribution >= 4 is 27.5 Å². The van der Waals surface area contributed by atoms with Crippen molar-refractivity contribution in [3.8, 4) is 0 Å². The highest BCUT2D eigenvalue weighted by molar-refractivity contribution is 9.10. The lowest BCUT2D eigenvalue weighted by Crippen LogP contribution is -2.15. The second-order valence-corrected chi connectivity index (χ2v) is 5.88. The summed E-state index contributed by atoms with van der Waals surface area (Å²) in [5.74, 6) is 1.19. The number of aryl methyl sites for hydroxylation is 1. The molecule has 2 aromatic rings. The molecule has 4 nitrogen and oxygen atoms in total. The monoisotopic (exact) mass is 331 g/mol. The van der Waals surface area contributed by atoms with E-state index >= 15 is 0 Å². The van der Waals surface area contributed by atoms with E-state index in [4.69, 9.17) is 0 Å². The Kier molecular flexibility index (Phi) is 3.53. The predicted molar refractivity (Wildman–Crippen MR) is 80.8 cm³/mol. The van der Waals surface area contributed by atoms with E-state index in [0.29, 0.717) is 11.5 Å². The molecule has 0 atom stereocenters. The number of anilines is 1. The van der Waals surface area contributed by atoms with Crippen LogP contribution in [0.25, 0.3) is 0 Å². The molecule has 0 bridgehead atoms. The van der Waals surface area contributed by atoms with Gasteiger partial charge in [0.05, 0.1) is 11.3 Å². The van der Waals surface area contributed by atoms with Crippen molar-refractivity contribution in [2.45, 2.75) is 25.7 Å². The molecule has 0 radical (unpaired) electrons. The highest BCUT2D eigenvalue weighted by atomic mass is 79.9. The number of hydrogen-bond acceptors (Lipinski definition) is 3. The van der Waals surface area contributed by atoms with Crippen LogP contribution in [0.1, 0.15) is 40.6 Å². The number of carbonyl (C=O) groups is 1. The number of carbonyl (C=O) groups excluding carboxylic acids is 1. The van der Waals surface area contributed by atoms with Gasteiger partial charge in [0.2, 0.25) is 0 Å². The van der Waals surface area contributed by atoms with Crippen molar-refractivity contribution in [1.82, 2.24) is 9.97 Å². The topological polar surface area (TPSA) is 54.9 Å². The fourth-order valence-electron chi connectivity index (χ4n) is 1.98. The predicted octanol–water partition coefficient (Wildman–Crippen LogP) is 3.68. The molecule has 0 aliphatic heterocycles. The zero-order chi connectivity index (χ0) is 14.1. The third-order valence-electron chi connectivity index (χ3n) is 3.29. The number of nitrogens with zero attached hydrogens (tertiary/aromatic N) is 2. The van der Waals surface area contributed by atoms with E-state index in [1.165, 1.54) is 0 Å². The molecule has 3 rings (SSSR count). The summed E-state index contributed by atoms with van der Waals surface area (Å²) >= 11 is 3.36. The molecule has 1 N–H and O–H groups in total. The third kappa shape index (κ3) is 2.88. The summed E-state index contributed by atoms with van der Waals surface area (Å²) in [6.45, 7) is 1.85. The van der Waals surface area contributed by atoms with Crippen LogP contribution in [0.4, 0.5) is 5.69 Å². The Bertz CT molecular complexity index is 651. The van der Waals surface area contributed by atoms with Crippen molar-refractivity contribution in [3.63, 3.8) is 0 Å². The highest BCUT2D eigenvalue weighted by Crippen LogP contribution is 2.37. The number of aromatic nitrogens is 2. The minimum absolute atomic E-state index is 0.174. The minimum Gasteiger partial charge on any atom is -0.322 e. The van der Waals surface area contributed by atoms with Gasteiger partial charge in [0.15, 0.2) is 0 Å². The summed E-state index contributed by atoms with van der Waals surface area (Å²) in [6.07, 6.45) is 3.94. The molecule has 0 spiro atoms. The second-order valence-electron chi connectivity index (χ2n) is 4.96. The third-order valence-corrected chi connectivity index (χ3v) is 3.82. The van der Waals surface area contributed by atoms with Crippen molar-refractivity contribution in [1.29, 1.82) is 0 Å². The summed E-state index contributed by atoms with van der Waals surface area (Å²) in [6, 6.07) is 7.46. The summed E-state index contributed by atoms with van der Waals surface area (Å²) in [4.78, 5) is 20.9. The molecular weight excluding hydrogens is 318 g/mol. The van der Waals surface area contributed by atoms with Crippen LogP contribution in [-0.4, -0.2) is 15.9 Å². The number of rotatable bonds is 3. The molecule has 20 heavy (non-hydrogen) atoms. The average Bonchev–Trinajstić information content (AvgIpc) is 3.25. The molecule has 1 aliphatic rings. The molecule has 1 amide bonds. The standard InChI is InChI=1S/C15H14BrN3O/c1-9-13(8-17-14(18-9)10-2-3-10)15(20)19-12-6-4-11(16)5-7-12/h4-8,10H,2-3H2,1H3,(H,19,20). The van der Waals surface area contributed by atoms with Crippen molar-refractivity contribution in [3.05, 3.63) is 52.0 Å². The number of halogens is 1. The number of benzene rings is 1. The minimum atomic E-state index is -0.174. The van der Waals surface area contributed by atoms with E-state index in [1.807, 2.05) is 31.2 Å². The molecule has 1 aliphatic carbocycles. The van der Waals surface area contributed by atoms with Crippen LogP contribution in [0.2, 0.25) is 0 Å². The quantitative estimate of drug-likeness (QED) is 0.933. The second kappa shape index (κ2) is 5.32. The maximum Gasteiger partial charge on any atom is 0.259 e. The fourth-order valence-corrected chi connectivity index (χ4v) is 2.24. The largest absolute Gasteiger partial charge is 0.322 e. The number of nitrogens with one attached hydrogen (secondary N) is 1. The van der Waals surface area contributed by atoms with Gasteiger partial charge in [0.25, 0.3) is 5.91 Å². The maximum absolute atomic E-state index is 12.2. The van der Waals surface area contributed by atoms with E-state index < -0.39 is 0 Å². The van der Waals surface area contributed by atoms with E-state index in [2.05, 4.69) is 31.2 Å². The van der Waals surface area contributed by atoms with E-state index in [1.54, 1.807) is 6.20 Å². The normalized spacial score (nSPS) is 14.1. The Labute approximate surface area is 125 Å². The Morgan fingerprint density at radius 3 is 2.60 bits per heavy atom. The summed E-state index contributed by atoms with van der Waals surface area (Å²) in [5, 5.41) is 2.85. The summed E-state index contributed by atoms with van der Waals surface area (Å²) in [5.41, 5.74) is 2.01. The first-order valence-electron chi connectivity index (χ1n) is 6.54. The Balaban J connectivity index is 1.78. The van der Waals surface area contributed by atoms with Crippen molar-refractivity contribution < 1.29 is 4.79 Å². The maximum atomic E-state index is 12.2. The van der Waals surface area contributed by atoms with Gasteiger partial charge in [-0.05, 0) is 44.0 Å². The van der Waals surface area contributed by atoms with E-state index in [0.717, 1.165) is 34.5 Å². The van der Waals surface area contributed by atoms with Crippen molar-refractivity contribution in [2.75, 3.05) is 5.32 Å². The summed E-state index contributed by atoms with van der Waals surface area (Å²) in [7, 11) is 0. The zero-order valence-corrected chi connectivity index (χ0v) is 12.6. The van der Waals surface area contributed by atoms with Crippen LogP contribution >= 0.6 is 15.9 Å². The van der Waals surface area contributed by atoms with Gasteiger partial charge in [0, 0.05) is 22.3 Å². The summed E-state index contributed by atoms with van der Waals surface area (Å²) < 4.78 is 0.976. The molecule has 1 aromatic heterocycles. The van der Waals surface area contributed by atoms with Gasteiger partial charge in [-0.3, -0.25) is 4.79 Å². The smallest absolute Gasteiger partial charge is 0.259 e. The highest BCUT2D eigenvalue weighted by Gasteiger charge is 2.27. The van der Waals surface area contributed by atoms with Crippen LogP contribution in [0, 0.1) is 6.92 Å². The molecular formula is C15H14BrN3O. The van der Waals surface area contributed by atoms with Gasteiger partial charge in [-0.25, -0.2) is 9.97 Å². The van der Waals surface area contributed by atoms with Crippen molar-refractivity contribution in [2.24, 2.45) is 0 Å². The molecule has 0 saturated heterocycles. The Hall–Kier alpha value is -1.75. The molecule has 5 heteroatoms. The van der Waals surface area contributed by atoms with Gasteiger partial charge >= 0.3 is 0 Å². The van der Waals surface area contributed by atoms with Crippen LogP contribution in [0.3, 0.4) is 0 Å². The molecule has 0 unspecified atom stereocenters. The van der Waals surface area contributed by atoms with Crippen LogP contribution < -0.4 is 5.32 Å². The lowest BCUT2D eigenvalue weighted by atomic mass is 10.2. The zero-order valence-electron chi connectivity index (χ0n) is 11.1. The Morgan fingerprint density at radius 1 is 1.30 bits per heavy atom. The molecule has 1 fully saturated rings. The van der Waals surface area contributed by atoms with Gasteiger partial charge in [0.1, 0.15) is 5.82 Å². The first-order chi connectivity index (χ1) is 9.63. The van der Waals surface area contributed by atoms with E-state index in [9.17, 15) is 4.79 Å². The number of hydrogen-bond donors (Lipinski definition) is 1. The fraction of sp³-hybridized carbons (Fsp3) is 0.267. The SMILES string of the molecule is Cc1nc(C2CC2)ncc1C(=O)Nc1ccc(Br)cc1. The molecule has 1 aromatic carbocycles. The molecule has 1 heterocycles. The van der Waals surface area contributed by atoms with Crippen LogP contribution in [0.15, 0.2) is 34.9 Å². The van der Waals surface area contributed by atoms with E-state index in [-0.39, 0.29) is 5.91 Å². The Morgan fingerprint density at radius 2 is 2.00 bits per heavy atom. The van der Waals surface area contributed by atoms with Crippen LogP contribution in [0.5, 0.6) is 0 Å². The molecule has 1 saturated carbocycles. The van der Waals surface area contributed by atoms with Gasteiger partial charge < -0.3 is 5.32 Å². The first-order valence-corrected chi connectivity index (χ1v) is 7.33. The number of amides is 1. The average molecular weight is 332 g/mol. The van der Waals surface area contributed by atoms with Gasteiger partial charge in [-0.2, -0.15) is 0 Å². The van der Waals surface area contributed by atoms with Gasteiger partial charge in [-0.1, -0.05) is 15.9 Å². The molecule has 102 valence electrons. The van der Waals surface area contributed by atoms with Gasteiger partial charge in [-0.15, -0.1) is 0 Å². The van der Waals surface area contributed by atoms with Crippen LogP contribution in [-0.2, 0) is 0 Å². The first kappa shape index (κ1) is 13.2. The lowest BCUT2D eigenvalue weighted by molar-refractivity contribution is 0.102.